The van der Waals surface area contributed by atoms with Crippen molar-refractivity contribution >= 4 is 17.9 Å². The van der Waals surface area contributed by atoms with Gasteiger partial charge in [-0.25, -0.2) is 0 Å². The van der Waals surface area contributed by atoms with Crippen LogP contribution in [0.5, 0.6) is 0 Å². The van der Waals surface area contributed by atoms with E-state index in [1.54, 1.807) is 6.92 Å². The second-order valence-electron chi connectivity index (χ2n) is 7.19. The molecule has 12 nitrogen and oxygen atoms in total. The van der Waals surface area contributed by atoms with Crippen molar-refractivity contribution in [3.63, 3.8) is 0 Å². The largest absolute Gasteiger partial charge is 0.456 e. The van der Waals surface area contributed by atoms with E-state index in [0.29, 0.717) is 0 Å². The van der Waals surface area contributed by atoms with E-state index in [-0.39, 0.29) is 0 Å². The molecule has 31 heavy (non-hydrogen) atoms. The second-order valence-corrected chi connectivity index (χ2v) is 7.19. The first-order chi connectivity index (χ1) is 14.6. The number of carbonyl (C=O) groups is 3. The molecule has 0 bridgehead atoms. The maximum Gasteiger partial charge on any atom is 0.303 e. The summed E-state index contributed by atoms with van der Waals surface area (Å²) in [4.78, 5) is 35.1. The normalized spacial score (nSPS) is 37.8. The zero-order valence-electron chi connectivity index (χ0n) is 18.3. The molecule has 0 unspecified atom stereocenters. The number of aliphatic hydroxyl groups excluding tert-OH is 1. The van der Waals surface area contributed by atoms with Gasteiger partial charge in [0.1, 0.15) is 18.3 Å². The van der Waals surface area contributed by atoms with E-state index < -0.39 is 79.8 Å². The third-order valence-corrected chi connectivity index (χ3v) is 4.88. The molecule has 0 aliphatic carbocycles. The van der Waals surface area contributed by atoms with Crippen LogP contribution in [0, 0.1) is 0 Å². The van der Waals surface area contributed by atoms with E-state index in [9.17, 15) is 19.5 Å². The molecule has 2 aliphatic rings. The van der Waals surface area contributed by atoms with Gasteiger partial charge in [0, 0.05) is 35.0 Å². The summed E-state index contributed by atoms with van der Waals surface area (Å²) in [5.41, 5.74) is 0. The zero-order chi connectivity index (χ0) is 23.3. The van der Waals surface area contributed by atoms with Gasteiger partial charge in [-0.1, -0.05) is 0 Å². The van der Waals surface area contributed by atoms with Gasteiger partial charge in [-0.15, -0.1) is 0 Å². The minimum Gasteiger partial charge on any atom is -0.456 e. The van der Waals surface area contributed by atoms with Gasteiger partial charge < -0.3 is 43.0 Å². The molecule has 9 atom stereocenters. The SMILES string of the molecule is CO[C@@H]1O[C@H](CO)[C@H](O[C@@H]2O[C@H](C)[C@H](OC(C)=O)[C@@H](OC(C)=O)[C@H]2OC(C)=O)[C@H]1OC. The lowest BCUT2D eigenvalue weighted by Gasteiger charge is -2.44. The fourth-order valence-corrected chi connectivity index (χ4v) is 3.67. The van der Waals surface area contributed by atoms with Gasteiger partial charge in [0.05, 0.1) is 12.7 Å². The average Bonchev–Trinajstić information content (AvgIpc) is 3.03. The highest BCUT2D eigenvalue weighted by Gasteiger charge is 2.54. The number of rotatable bonds is 8. The minimum atomic E-state index is -1.28. The number of ether oxygens (including phenoxy) is 8. The topological polar surface area (TPSA) is 145 Å². The molecule has 2 heterocycles. The van der Waals surface area contributed by atoms with Crippen molar-refractivity contribution in [1.82, 2.24) is 0 Å². The zero-order valence-corrected chi connectivity index (χ0v) is 18.3. The smallest absolute Gasteiger partial charge is 0.303 e. The van der Waals surface area contributed by atoms with Crippen LogP contribution in [0.3, 0.4) is 0 Å². The Hall–Kier alpha value is -1.83. The second kappa shape index (κ2) is 11.2. The Labute approximate surface area is 179 Å². The van der Waals surface area contributed by atoms with Crippen LogP contribution >= 0.6 is 0 Å². The number of hydrogen-bond acceptors (Lipinski definition) is 12. The Bertz CT molecular complexity index is 639. The molecule has 2 aliphatic heterocycles. The molecule has 178 valence electrons. The minimum absolute atomic E-state index is 0.408. The van der Waals surface area contributed by atoms with E-state index in [1.165, 1.54) is 28.1 Å². The summed E-state index contributed by atoms with van der Waals surface area (Å²) in [6.07, 6.45) is -8.85. The predicted molar refractivity (Wildman–Crippen MR) is 99.4 cm³/mol. The first-order valence-corrected chi connectivity index (χ1v) is 9.77. The van der Waals surface area contributed by atoms with Crippen molar-refractivity contribution in [1.29, 1.82) is 0 Å². The van der Waals surface area contributed by atoms with E-state index >= 15 is 0 Å². The van der Waals surface area contributed by atoms with Crippen molar-refractivity contribution in [3.05, 3.63) is 0 Å². The molecule has 0 aromatic carbocycles. The van der Waals surface area contributed by atoms with Gasteiger partial charge in [0.25, 0.3) is 0 Å². The quantitative estimate of drug-likeness (QED) is 0.368. The molecule has 0 aromatic rings. The Morgan fingerprint density at radius 3 is 1.77 bits per heavy atom. The van der Waals surface area contributed by atoms with Crippen LogP contribution in [0.25, 0.3) is 0 Å². The summed E-state index contributed by atoms with van der Waals surface area (Å²) >= 11 is 0. The molecule has 2 fully saturated rings. The summed E-state index contributed by atoms with van der Waals surface area (Å²) in [7, 11) is 2.83. The van der Waals surface area contributed by atoms with Crippen molar-refractivity contribution in [2.75, 3.05) is 20.8 Å². The molecule has 0 radical (unpaired) electrons. The number of aliphatic hydroxyl groups is 1. The Balaban J connectivity index is 2.36. The molecule has 0 aromatic heterocycles. The van der Waals surface area contributed by atoms with Crippen molar-refractivity contribution in [2.45, 2.75) is 83.0 Å². The summed E-state index contributed by atoms with van der Waals surface area (Å²) < 4.78 is 44.0. The number of esters is 3. The van der Waals surface area contributed by atoms with Crippen LogP contribution in [0.4, 0.5) is 0 Å². The van der Waals surface area contributed by atoms with Crippen LogP contribution in [-0.4, -0.2) is 99.1 Å². The van der Waals surface area contributed by atoms with Crippen LogP contribution < -0.4 is 0 Å². The summed E-state index contributed by atoms with van der Waals surface area (Å²) in [6.45, 7) is 4.70. The van der Waals surface area contributed by atoms with E-state index in [1.807, 2.05) is 0 Å². The number of carbonyl (C=O) groups excluding carboxylic acids is 3. The first-order valence-electron chi connectivity index (χ1n) is 9.77. The molecule has 0 saturated carbocycles. The fourth-order valence-electron chi connectivity index (χ4n) is 3.67. The Morgan fingerprint density at radius 2 is 1.29 bits per heavy atom. The highest BCUT2D eigenvalue weighted by Crippen LogP contribution is 2.34. The predicted octanol–water partition coefficient (Wildman–Crippen LogP) is -0.710. The van der Waals surface area contributed by atoms with E-state index in [4.69, 9.17) is 37.9 Å². The lowest BCUT2D eigenvalue weighted by Crippen LogP contribution is -2.62. The fraction of sp³-hybridized carbons (Fsp3) is 0.842. The lowest BCUT2D eigenvalue weighted by atomic mass is 9.98. The van der Waals surface area contributed by atoms with Gasteiger partial charge in [0.2, 0.25) is 0 Å². The molecular weight excluding hydrogens is 420 g/mol. The monoisotopic (exact) mass is 450 g/mol. The molecular formula is C19H30O12. The van der Waals surface area contributed by atoms with Crippen LogP contribution in [0.1, 0.15) is 27.7 Å². The Kier molecular flexibility index (Phi) is 9.15. The molecule has 0 amide bonds. The highest BCUT2D eigenvalue weighted by molar-refractivity contribution is 5.68. The van der Waals surface area contributed by atoms with Gasteiger partial charge in [-0.05, 0) is 6.92 Å². The summed E-state index contributed by atoms with van der Waals surface area (Å²) in [5.74, 6) is -2.01. The van der Waals surface area contributed by atoms with Crippen LogP contribution in [-0.2, 0) is 52.3 Å². The molecule has 2 saturated heterocycles. The lowest BCUT2D eigenvalue weighted by molar-refractivity contribution is -0.317. The average molecular weight is 450 g/mol. The van der Waals surface area contributed by atoms with E-state index in [2.05, 4.69) is 0 Å². The van der Waals surface area contributed by atoms with Gasteiger partial charge in [-0.2, -0.15) is 0 Å². The van der Waals surface area contributed by atoms with Gasteiger partial charge in [-0.3, -0.25) is 14.4 Å². The summed E-state index contributed by atoms with van der Waals surface area (Å²) in [6, 6.07) is 0. The van der Waals surface area contributed by atoms with Crippen LogP contribution in [0.2, 0.25) is 0 Å². The number of hydrogen-bond donors (Lipinski definition) is 1. The maximum absolute atomic E-state index is 11.8. The van der Waals surface area contributed by atoms with Crippen molar-refractivity contribution in [3.8, 4) is 0 Å². The van der Waals surface area contributed by atoms with Gasteiger partial charge in [0.15, 0.2) is 30.9 Å². The van der Waals surface area contributed by atoms with Crippen molar-refractivity contribution in [2.24, 2.45) is 0 Å². The molecule has 12 heteroatoms. The highest BCUT2D eigenvalue weighted by atomic mass is 16.8. The third-order valence-electron chi connectivity index (χ3n) is 4.88. The van der Waals surface area contributed by atoms with Gasteiger partial charge >= 0.3 is 17.9 Å². The first kappa shape index (κ1) is 25.4. The molecule has 1 N–H and O–H groups in total. The van der Waals surface area contributed by atoms with Crippen LogP contribution in [0.15, 0.2) is 0 Å². The third kappa shape index (κ3) is 6.11. The molecule has 0 spiro atoms. The number of methoxy groups -OCH3 is 2. The molecule has 2 rings (SSSR count). The van der Waals surface area contributed by atoms with Crippen molar-refractivity contribution < 1.29 is 57.4 Å². The maximum atomic E-state index is 11.8. The summed E-state index contributed by atoms with van der Waals surface area (Å²) in [5, 5.41) is 9.70. The standard InChI is InChI=1S/C19H30O12/c1-8-13(27-9(2)21)15(28-10(3)22)17(29-11(4)23)19(26-8)31-14-12(7-20)30-18(25-6)16(14)24-5/h8,12-20H,7H2,1-6H3/t8-,12-,13+,14+,15-,16-,17-,18-,19+/m1/s1. The Morgan fingerprint density at radius 1 is 0.742 bits per heavy atom. The van der Waals surface area contributed by atoms with E-state index in [0.717, 1.165) is 6.92 Å².